The molecule has 0 aliphatic carbocycles. The minimum Gasteiger partial charge on any atom is -0.369 e. The molecule has 0 bridgehead atoms. The van der Waals surface area contributed by atoms with Gasteiger partial charge >= 0.3 is 0 Å². The van der Waals surface area contributed by atoms with Crippen LogP contribution in [0, 0.1) is 0 Å². The Morgan fingerprint density at radius 2 is 1.34 bits per heavy atom. The summed E-state index contributed by atoms with van der Waals surface area (Å²) in [6, 6.07) is 24.9. The molecule has 0 amide bonds. The number of halogens is 2. The van der Waals surface area contributed by atoms with Crippen LogP contribution in [0.5, 0.6) is 0 Å². The average Bonchev–Trinajstić information content (AvgIpc) is 3.52. The topological polar surface area (TPSA) is 47.5 Å². The normalized spacial score (nSPS) is 17.0. The Bertz CT molecular complexity index is 1370. The standard InChI is InChI=1S/C33H38Cl2N6/c34-27-12-8-25(9-13-27)32(26-10-14-28(35)15-11-26)41-22-20-40(21-23-41)24-31-37-30-7-2-1-6-29(30)33(38-31)36-16-5-19-39-17-3-4-18-39/h1-2,6-15,32H,3-5,16-24H2,(H,36,37,38). The van der Waals surface area contributed by atoms with Gasteiger partial charge < -0.3 is 10.2 Å². The van der Waals surface area contributed by atoms with Crippen LogP contribution in [-0.2, 0) is 6.54 Å². The summed E-state index contributed by atoms with van der Waals surface area (Å²) in [5.74, 6) is 1.84. The number of anilines is 1. The van der Waals surface area contributed by atoms with Gasteiger partial charge in [0.15, 0.2) is 0 Å². The van der Waals surface area contributed by atoms with Crippen LogP contribution in [-0.4, -0.2) is 77.0 Å². The van der Waals surface area contributed by atoms with Crippen LogP contribution in [0.4, 0.5) is 5.82 Å². The van der Waals surface area contributed by atoms with E-state index in [1.54, 1.807) is 0 Å². The van der Waals surface area contributed by atoms with Gasteiger partial charge in [-0.3, -0.25) is 9.80 Å². The van der Waals surface area contributed by atoms with E-state index in [4.69, 9.17) is 33.2 Å². The van der Waals surface area contributed by atoms with Gasteiger partial charge in [0.2, 0.25) is 0 Å². The van der Waals surface area contributed by atoms with Crippen molar-refractivity contribution in [2.75, 3.05) is 57.7 Å². The number of nitrogens with zero attached hydrogens (tertiary/aromatic N) is 5. The van der Waals surface area contributed by atoms with E-state index in [0.29, 0.717) is 0 Å². The van der Waals surface area contributed by atoms with Crippen LogP contribution in [0.3, 0.4) is 0 Å². The Labute approximate surface area is 253 Å². The van der Waals surface area contributed by atoms with E-state index in [-0.39, 0.29) is 6.04 Å². The molecule has 0 atom stereocenters. The first-order valence-electron chi connectivity index (χ1n) is 14.8. The summed E-state index contributed by atoms with van der Waals surface area (Å²) in [6.45, 7) is 9.11. The number of nitrogens with one attached hydrogen (secondary N) is 1. The van der Waals surface area contributed by atoms with Crippen LogP contribution in [0.1, 0.15) is 42.3 Å². The average molecular weight is 590 g/mol. The first kappa shape index (κ1) is 28.4. The van der Waals surface area contributed by atoms with Crippen molar-refractivity contribution in [2.24, 2.45) is 0 Å². The maximum atomic E-state index is 6.22. The van der Waals surface area contributed by atoms with Gasteiger partial charge in [0.25, 0.3) is 0 Å². The van der Waals surface area contributed by atoms with Crippen LogP contribution in [0.25, 0.3) is 10.9 Å². The monoisotopic (exact) mass is 588 g/mol. The van der Waals surface area contributed by atoms with Crippen molar-refractivity contribution in [3.05, 3.63) is 99.8 Å². The van der Waals surface area contributed by atoms with Crippen LogP contribution in [0.15, 0.2) is 72.8 Å². The fourth-order valence-corrected chi connectivity index (χ4v) is 6.38. The number of hydrogen-bond acceptors (Lipinski definition) is 6. The molecule has 8 heteroatoms. The molecular weight excluding hydrogens is 551 g/mol. The van der Waals surface area contributed by atoms with Gasteiger partial charge in [-0.05, 0) is 86.4 Å². The summed E-state index contributed by atoms with van der Waals surface area (Å²) in [4.78, 5) is 17.6. The van der Waals surface area contributed by atoms with Gasteiger partial charge in [0, 0.05) is 48.2 Å². The summed E-state index contributed by atoms with van der Waals surface area (Å²) in [7, 11) is 0. The molecule has 0 unspecified atom stereocenters. The van der Waals surface area contributed by atoms with Gasteiger partial charge in [0.1, 0.15) is 11.6 Å². The molecule has 6 rings (SSSR count). The zero-order chi connectivity index (χ0) is 28.0. The summed E-state index contributed by atoms with van der Waals surface area (Å²) >= 11 is 12.4. The predicted octanol–water partition coefficient (Wildman–Crippen LogP) is 6.74. The molecule has 214 valence electrons. The molecule has 0 spiro atoms. The highest BCUT2D eigenvalue weighted by Gasteiger charge is 2.27. The Balaban J connectivity index is 1.12. The van der Waals surface area contributed by atoms with E-state index < -0.39 is 0 Å². The number of para-hydroxylation sites is 1. The number of aromatic nitrogens is 2. The van der Waals surface area contributed by atoms with Gasteiger partial charge in [-0.15, -0.1) is 0 Å². The fraction of sp³-hybridized carbons (Fsp3) is 0.394. The molecule has 6 nitrogen and oxygen atoms in total. The highest BCUT2D eigenvalue weighted by Crippen LogP contribution is 2.31. The molecule has 41 heavy (non-hydrogen) atoms. The molecule has 0 radical (unpaired) electrons. The lowest BCUT2D eigenvalue weighted by atomic mass is 9.96. The van der Waals surface area contributed by atoms with Crippen molar-refractivity contribution in [1.82, 2.24) is 24.7 Å². The third-order valence-corrected chi connectivity index (χ3v) is 8.80. The number of piperazine rings is 1. The molecule has 3 heterocycles. The van der Waals surface area contributed by atoms with Gasteiger partial charge in [-0.25, -0.2) is 9.97 Å². The van der Waals surface area contributed by atoms with E-state index in [2.05, 4.69) is 68.5 Å². The van der Waals surface area contributed by atoms with Crippen LogP contribution in [0.2, 0.25) is 10.0 Å². The molecule has 1 aromatic heterocycles. The molecule has 1 N–H and O–H groups in total. The van der Waals surface area contributed by atoms with Crippen molar-refractivity contribution in [3.63, 3.8) is 0 Å². The zero-order valence-electron chi connectivity index (χ0n) is 23.5. The van der Waals surface area contributed by atoms with E-state index in [1.165, 1.54) is 37.1 Å². The molecule has 2 fully saturated rings. The number of rotatable bonds is 10. The highest BCUT2D eigenvalue weighted by molar-refractivity contribution is 6.30. The minimum atomic E-state index is 0.153. The Morgan fingerprint density at radius 1 is 0.707 bits per heavy atom. The van der Waals surface area contributed by atoms with E-state index in [9.17, 15) is 0 Å². The molecule has 2 aliphatic heterocycles. The lowest BCUT2D eigenvalue weighted by molar-refractivity contribution is 0.103. The third-order valence-electron chi connectivity index (χ3n) is 8.30. The van der Waals surface area contributed by atoms with Crippen molar-refractivity contribution >= 4 is 39.9 Å². The molecular formula is C33H38Cl2N6. The number of likely N-dealkylation sites (tertiary alicyclic amines) is 1. The number of hydrogen-bond donors (Lipinski definition) is 1. The van der Waals surface area contributed by atoms with Gasteiger partial charge in [0.05, 0.1) is 18.1 Å². The van der Waals surface area contributed by atoms with Crippen molar-refractivity contribution < 1.29 is 0 Å². The number of fused-ring (bicyclic) bond motifs is 1. The lowest BCUT2D eigenvalue weighted by Crippen LogP contribution is -2.47. The van der Waals surface area contributed by atoms with Gasteiger partial charge in [-0.2, -0.15) is 0 Å². The third kappa shape index (κ3) is 7.19. The molecule has 3 aromatic carbocycles. The molecule has 2 saturated heterocycles. The van der Waals surface area contributed by atoms with Crippen LogP contribution < -0.4 is 5.32 Å². The predicted molar refractivity (Wildman–Crippen MR) is 170 cm³/mol. The molecule has 2 aliphatic rings. The van der Waals surface area contributed by atoms with Gasteiger partial charge in [-0.1, -0.05) is 59.6 Å². The molecule has 4 aromatic rings. The smallest absolute Gasteiger partial charge is 0.145 e. The number of benzene rings is 3. The van der Waals surface area contributed by atoms with E-state index >= 15 is 0 Å². The second-order valence-electron chi connectivity index (χ2n) is 11.2. The fourth-order valence-electron chi connectivity index (χ4n) is 6.13. The van der Waals surface area contributed by atoms with Crippen molar-refractivity contribution in [3.8, 4) is 0 Å². The van der Waals surface area contributed by atoms with Crippen molar-refractivity contribution in [2.45, 2.75) is 31.8 Å². The lowest BCUT2D eigenvalue weighted by Gasteiger charge is -2.39. The minimum absolute atomic E-state index is 0.153. The second-order valence-corrected chi connectivity index (χ2v) is 12.0. The summed E-state index contributed by atoms with van der Waals surface area (Å²) in [5.41, 5.74) is 3.48. The first-order valence-corrected chi connectivity index (χ1v) is 15.6. The summed E-state index contributed by atoms with van der Waals surface area (Å²) < 4.78 is 0. The maximum absolute atomic E-state index is 6.22. The van der Waals surface area contributed by atoms with E-state index in [1.807, 2.05) is 24.3 Å². The largest absolute Gasteiger partial charge is 0.369 e. The Kier molecular flexibility index (Phi) is 9.34. The quantitative estimate of drug-likeness (QED) is 0.207. The maximum Gasteiger partial charge on any atom is 0.145 e. The van der Waals surface area contributed by atoms with E-state index in [0.717, 1.165) is 84.8 Å². The Hall–Kier alpha value is -2.74. The summed E-state index contributed by atoms with van der Waals surface area (Å²) in [5, 5.41) is 6.23. The zero-order valence-corrected chi connectivity index (χ0v) is 25.0. The van der Waals surface area contributed by atoms with Crippen LogP contribution >= 0.6 is 23.2 Å². The first-order chi connectivity index (χ1) is 20.1. The highest BCUT2D eigenvalue weighted by atomic mass is 35.5. The second kappa shape index (κ2) is 13.5. The summed E-state index contributed by atoms with van der Waals surface area (Å²) in [6.07, 6.45) is 3.80. The SMILES string of the molecule is Clc1ccc(C(c2ccc(Cl)cc2)N2CCN(Cc3nc(NCCCN4CCCC4)c4ccccc4n3)CC2)cc1. The Morgan fingerprint density at radius 3 is 2.00 bits per heavy atom. The van der Waals surface area contributed by atoms with Crippen molar-refractivity contribution in [1.29, 1.82) is 0 Å². The molecule has 0 saturated carbocycles.